The molecular weight excluding hydrogens is 396 g/mol. The molecule has 0 spiro atoms. The third-order valence-corrected chi connectivity index (χ3v) is 11.7. The molecule has 2 aromatic rings. The Morgan fingerprint density at radius 1 is 0.828 bits per heavy atom. The van der Waals surface area contributed by atoms with E-state index >= 15 is 0 Å². The Labute approximate surface area is 177 Å². The number of hydrogen-bond acceptors (Lipinski definition) is 4. The molecule has 0 saturated heterocycles. The fraction of sp³-hybridized carbons (Fsp3) is 0.435. The molecular formula is C23H34O4Si2. The molecule has 0 radical (unpaired) electrons. The van der Waals surface area contributed by atoms with Crippen LogP contribution in [0.3, 0.4) is 0 Å². The fourth-order valence-corrected chi connectivity index (χ4v) is 12.9. The molecule has 0 aliphatic carbocycles. The largest absolute Gasteiger partial charge is 0.496 e. The van der Waals surface area contributed by atoms with Crippen LogP contribution in [0, 0.1) is 13.8 Å². The molecule has 0 N–H and O–H groups in total. The zero-order valence-corrected chi connectivity index (χ0v) is 21.0. The normalized spacial score (nSPS) is 12.0. The molecule has 0 unspecified atom stereocenters. The summed E-state index contributed by atoms with van der Waals surface area (Å²) < 4.78 is 17.4. The van der Waals surface area contributed by atoms with Crippen LogP contribution < -0.4 is 9.47 Å². The van der Waals surface area contributed by atoms with Gasteiger partial charge in [0.2, 0.25) is 0 Å². The maximum atomic E-state index is 11.2. The zero-order valence-electron chi connectivity index (χ0n) is 19.0. The van der Waals surface area contributed by atoms with Gasteiger partial charge >= 0.3 is 5.97 Å². The molecule has 0 bridgehead atoms. The van der Waals surface area contributed by atoms with E-state index in [0.29, 0.717) is 5.75 Å². The monoisotopic (exact) mass is 430 g/mol. The number of methoxy groups -OCH3 is 1. The van der Waals surface area contributed by atoms with Gasteiger partial charge in [0.25, 0.3) is 0 Å². The number of rotatable bonds is 8. The average molecular weight is 431 g/mol. The second-order valence-corrected chi connectivity index (χ2v) is 17.5. The summed E-state index contributed by atoms with van der Waals surface area (Å²) in [7, 11) is -2.08. The van der Waals surface area contributed by atoms with Crippen LogP contribution in [-0.4, -0.2) is 29.7 Å². The Kier molecular flexibility index (Phi) is 7.48. The SMILES string of the molecule is COc1ccc(C[Si](C)(C)O[Si](C)(C)Cc2ccc(OC(C)=O)c(C)c2)cc1C. The van der Waals surface area contributed by atoms with E-state index in [4.69, 9.17) is 13.6 Å². The summed E-state index contributed by atoms with van der Waals surface area (Å²) in [6.07, 6.45) is 0. The van der Waals surface area contributed by atoms with E-state index < -0.39 is 16.6 Å². The van der Waals surface area contributed by atoms with E-state index in [9.17, 15) is 4.79 Å². The Morgan fingerprint density at radius 2 is 1.28 bits per heavy atom. The predicted molar refractivity (Wildman–Crippen MR) is 124 cm³/mol. The molecule has 0 aliphatic heterocycles. The molecule has 29 heavy (non-hydrogen) atoms. The summed E-state index contributed by atoms with van der Waals surface area (Å²) in [6, 6.07) is 14.4. The lowest BCUT2D eigenvalue weighted by Gasteiger charge is -2.34. The standard InChI is InChI=1S/C23H34O4Si2/c1-17-13-20(9-11-22(17)25-4)15-28(5,6)27-29(7,8)16-21-10-12-23(18(2)14-21)26-19(3)24/h9-14H,15-16H2,1-8H3. The number of hydrogen-bond donors (Lipinski definition) is 0. The van der Waals surface area contributed by atoms with Crippen molar-refractivity contribution in [1.82, 2.24) is 0 Å². The Morgan fingerprint density at radius 3 is 1.66 bits per heavy atom. The van der Waals surface area contributed by atoms with Crippen LogP contribution in [0.15, 0.2) is 36.4 Å². The summed E-state index contributed by atoms with van der Waals surface area (Å²) in [4.78, 5) is 11.2. The molecule has 2 aromatic carbocycles. The maximum absolute atomic E-state index is 11.2. The molecule has 0 fully saturated rings. The third kappa shape index (κ3) is 7.14. The Hall–Kier alpha value is -1.90. The minimum atomic E-state index is -1.91. The lowest BCUT2D eigenvalue weighted by molar-refractivity contribution is -0.131. The molecule has 0 aliphatic rings. The van der Waals surface area contributed by atoms with Gasteiger partial charge in [0.05, 0.1) is 7.11 Å². The molecule has 0 saturated carbocycles. The topological polar surface area (TPSA) is 44.8 Å². The highest BCUT2D eigenvalue weighted by Crippen LogP contribution is 2.26. The summed E-state index contributed by atoms with van der Waals surface area (Å²) in [5, 5.41) is 0. The van der Waals surface area contributed by atoms with Gasteiger partial charge < -0.3 is 13.6 Å². The van der Waals surface area contributed by atoms with E-state index in [2.05, 4.69) is 51.3 Å². The lowest BCUT2D eigenvalue weighted by Crippen LogP contribution is -2.47. The van der Waals surface area contributed by atoms with Crippen LogP contribution >= 0.6 is 0 Å². The number of carbonyl (C=O) groups excluding carboxylic acids is 1. The van der Waals surface area contributed by atoms with Crippen LogP contribution in [0.2, 0.25) is 26.2 Å². The van der Waals surface area contributed by atoms with Crippen LogP contribution in [0.25, 0.3) is 0 Å². The summed E-state index contributed by atoms with van der Waals surface area (Å²) in [5.41, 5.74) is 4.69. The molecule has 0 heterocycles. The number of esters is 1. The minimum absolute atomic E-state index is 0.291. The first-order valence-corrected chi connectivity index (χ1v) is 16.3. The lowest BCUT2D eigenvalue weighted by atomic mass is 10.1. The second-order valence-electron chi connectivity index (χ2n) is 8.97. The van der Waals surface area contributed by atoms with Gasteiger partial charge in [-0.05, 0) is 86.5 Å². The smallest absolute Gasteiger partial charge is 0.308 e. The quantitative estimate of drug-likeness (QED) is 0.314. The highest BCUT2D eigenvalue weighted by Gasteiger charge is 2.33. The van der Waals surface area contributed by atoms with Crippen LogP contribution in [0.5, 0.6) is 11.5 Å². The van der Waals surface area contributed by atoms with Crippen molar-refractivity contribution in [3.8, 4) is 11.5 Å². The third-order valence-electron chi connectivity index (χ3n) is 4.76. The van der Waals surface area contributed by atoms with Gasteiger partial charge in [-0.1, -0.05) is 24.3 Å². The predicted octanol–water partition coefficient (Wildman–Crippen LogP) is 5.53. The molecule has 4 nitrogen and oxygen atoms in total. The van der Waals surface area contributed by atoms with Crippen molar-refractivity contribution in [2.75, 3.05) is 7.11 Å². The zero-order chi connectivity index (χ0) is 21.8. The van der Waals surface area contributed by atoms with Gasteiger partial charge in [-0.25, -0.2) is 0 Å². The number of carbonyl (C=O) groups is 1. The van der Waals surface area contributed by atoms with Crippen molar-refractivity contribution in [2.24, 2.45) is 0 Å². The molecule has 0 atom stereocenters. The maximum Gasteiger partial charge on any atom is 0.308 e. The van der Waals surface area contributed by atoms with Crippen molar-refractivity contribution in [2.45, 2.75) is 59.0 Å². The van der Waals surface area contributed by atoms with Gasteiger partial charge in [-0.15, -0.1) is 0 Å². The van der Waals surface area contributed by atoms with Gasteiger partial charge in [-0.3, -0.25) is 4.79 Å². The van der Waals surface area contributed by atoms with E-state index in [1.165, 1.54) is 18.1 Å². The molecule has 0 amide bonds. The summed E-state index contributed by atoms with van der Waals surface area (Å²) in [5.74, 6) is 1.27. The number of benzene rings is 2. The first-order valence-electron chi connectivity index (χ1n) is 10.0. The van der Waals surface area contributed by atoms with E-state index in [0.717, 1.165) is 29.0 Å². The van der Waals surface area contributed by atoms with Gasteiger partial charge in [0.1, 0.15) is 11.5 Å². The van der Waals surface area contributed by atoms with Gasteiger partial charge in [-0.2, -0.15) is 0 Å². The van der Waals surface area contributed by atoms with Crippen LogP contribution in [0.4, 0.5) is 0 Å². The van der Waals surface area contributed by atoms with E-state index in [1.54, 1.807) is 7.11 Å². The molecule has 158 valence electrons. The molecule has 6 heteroatoms. The van der Waals surface area contributed by atoms with Crippen molar-refractivity contribution < 1.29 is 18.4 Å². The fourth-order valence-electron chi connectivity index (χ4n) is 3.94. The molecule has 2 rings (SSSR count). The first kappa shape index (κ1) is 23.4. The van der Waals surface area contributed by atoms with E-state index in [-0.39, 0.29) is 5.97 Å². The van der Waals surface area contributed by atoms with Crippen molar-refractivity contribution >= 4 is 22.6 Å². The van der Waals surface area contributed by atoms with Gasteiger partial charge in [0.15, 0.2) is 16.6 Å². The highest BCUT2D eigenvalue weighted by atomic mass is 28.4. The van der Waals surface area contributed by atoms with Crippen molar-refractivity contribution in [1.29, 1.82) is 0 Å². The van der Waals surface area contributed by atoms with Crippen LogP contribution in [0.1, 0.15) is 29.2 Å². The first-order chi connectivity index (χ1) is 13.4. The minimum Gasteiger partial charge on any atom is -0.496 e. The van der Waals surface area contributed by atoms with Gasteiger partial charge in [0, 0.05) is 6.92 Å². The number of aryl methyl sites for hydroxylation is 2. The summed E-state index contributed by atoms with van der Waals surface area (Å²) >= 11 is 0. The van der Waals surface area contributed by atoms with Crippen molar-refractivity contribution in [3.05, 3.63) is 58.7 Å². The van der Waals surface area contributed by atoms with E-state index in [1.807, 2.05) is 25.1 Å². The van der Waals surface area contributed by atoms with Crippen molar-refractivity contribution in [3.63, 3.8) is 0 Å². The second kappa shape index (κ2) is 9.28. The summed E-state index contributed by atoms with van der Waals surface area (Å²) in [6.45, 7) is 14.7. The average Bonchev–Trinajstić information content (AvgIpc) is 2.55. The Balaban J connectivity index is 2.07. The molecule has 0 aromatic heterocycles. The highest BCUT2D eigenvalue weighted by molar-refractivity contribution is 6.84. The number of ether oxygens (including phenoxy) is 2. The Bertz CT molecular complexity index is 875. The van der Waals surface area contributed by atoms with Crippen LogP contribution in [-0.2, 0) is 21.0 Å².